The molecule has 0 radical (unpaired) electrons. The Morgan fingerprint density at radius 1 is 0.840 bits per heavy atom. The molecule has 8 heteroatoms. The van der Waals surface area contributed by atoms with Crippen LogP contribution in [0.25, 0.3) is 28.2 Å². The smallest absolute Gasteiger partial charge is 0.0965 e. The zero-order valence-corrected chi connectivity index (χ0v) is 15.1. The Balaban J connectivity index is 1.91. The van der Waals surface area contributed by atoms with E-state index in [9.17, 15) is 0 Å². The van der Waals surface area contributed by atoms with Gasteiger partial charge in [-0.2, -0.15) is 15.3 Å². The van der Waals surface area contributed by atoms with E-state index in [0.29, 0.717) is 10.0 Å². The van der Waals surface area contributed by atoms with Crippen molar-refractivity contribution in [2.75, 3.05) is 0 Å². The van der Waals surface area contributed by atoms with Crippen molar-refractivity contribution in [2.45, 2.75) is 0 Å². The zero-order chi connectivity index (χ0) is 17.6. The number of aromatic nitrogens is 6. The largest absolute Gasteiger partial charge is 0.275 e. The summed E-state index contributed by atoms with van der Waals surface area (Å²) in [4.78, 5) is 0. The molecule has 6 nitrogen and oxygen atoms in total. The highest BCUT2D eigenvalue weighted by Crippen LogP contribution is 2.30. The molecule has 0 saturated carbocycles. The highest BCUT2D eigenvalue weighted by molar-refractivity contribution is 6.42. The summed E-state index contributed by atoms with van der Waals surface area (Å²) in [6.45, 7) is 0. The quantitative estimate of drug-likeness (QED) is 0.546. The lowest BCUT2D eigenvalue weighted by atomic mass is 10.2. The molecule has 0 aliphatic rings. The van der Waals surface area contributed by atoms with E-state index in [1.165, 1.54) is 0 Å². The first-order valence-electron chi connectivity index (χ1n) is 7.55. The van der Waals surface area contributed by atoms with Crippen molar-refractivity contribution in [3.8, 4) is 28.2 Å². The predicted molar refractivity (Wildman–Crippen MR) is 98.0 cm³/mol. The fourth-order valence-corrected chi connectivity index (χ4v) is 2.94. The highest BCUT2D eigenvalue weighted by atomic mass is 35.5. The molecule has 4 rings (SSSR count). The van der Waals surface area contributed by atoms with E-state index in [0.717, 1.165) is 28.2 Å². The molecular formula is C17H14Cl2N6. The molecule has 0 saturated heterocycles. The number of aryl methyl sites for hydroxylation is 2. The number of halogens is 2. The molecule has 126 valence electrons. The number of hydrogen-bond donors (Lipinski definition) is 0. The van der Waals surface area contributed by atoms with E-state index in [1.807, 2.05) is 43.3 Å². The molecule has 0 atom stereocenters. The Labute approximate surface area is 154 Å². The summed E-state index contributed by atoms with van der Waals surface area (Å²) in [5, 5.41) is 14.2. The molecule has 1 aromatic carbocycles. The minimum Gasteiger partial charge on any atom is -0.275 e. The van der Waals surface area contributed by atoms with Crippen molar-refractivity contribution >= 4 is 23.2 Å². The van der Waals surface area contributed by atoms with Crippen molar-refractivity contribution < 1.29 is 0 Å². The van der Waals surface area contributed by atoms with Crippen molar-refractivity contribution in [1.29, 1.82) is 0 Å². The van der Waals surface area contributed by atoms with Gasteiger partial charge in [0.2, 0.25) is 0 Å². The Bertz CT molecular complexity index is 1060. The van der Waals surface area contributed by atoms with Gasteiger partial charge >= 0.3 is 0 Å². The van der Waals surface area contributed by atoms with Gasteiger partial charge in [0.15, 0.2) is 0 Å². The summed E-state index contributed by atoms with van der Waals surface area (Å²) in [7, 11) is 3.76. The van der Waals surface area contributed by atoms with Gasteiger partial charge in [0.25, 0.3) is 0 Å². The second kappa shape index (κ2) is 6.06. The maximum Gasteiger partial charge on any atom is 0.0965 e. The average Bonchev–Trinajstić information content (AvgIpc) is 3.29. The lowest BCUT2D eigenvalue weighted by Crippen LogP contribution is -1.99. The van der Waals surface area contributed by atoms with Gasteiger partial charge in [0.05, 0.1) is 39.5 Å². The second-order valence-corrected chi connectivity index (χ2v) is 6.54. The maximum atomic E-state index is 6.19. The third-order valence-electron chi connectivity index (χ3n) is 3.86. The lowest BCUT2D eigenvalue weighted by Gasteiger charge is -2.07. The van der Waals surface area contributed by atoms with Crippen molar-refractivity contribution in [1.82, 2.24) is 29.3 Å². The van der Waals surface area contributed by atoms with Crippen LogP contribution >= 0.6 is 23.2 Å². The van der Waals surface area contributed by atoms with E-state index >= 15 is 0 Å². The summed E-state index contributed by atoms with van der Waals surface area (Å²) in [5.41, 5.74) is 4.44. The van der Waals surface area contributed by atoms with E-state index in [4.69, 9.17) is 28.3 Å². The number of rotatable bonds is 3. The molecule has 0 aliphatic carbocycles. The Hall–Kier alpha value is -2.57. The number of benzene rings is 1. The van der Waals surface area contributed by atoms with E-state index < -0.39 is 0 Å². The first-order chi connectivity index (χ1) is 12.0. The third-order valence-corrected chi connectivity index (χ3v) is 4.60. The molecule has 25 heavy (non-hydrogen) atoms. The van der Waals surface area contributed by atoms with Crippen LogP contribution in [-0.2, 0) is 14.1 Å². The van der Waals surface area contributed by atoms with E-state index in [1.54, 1.807) is 33.9 Å². The minimum absolute atomic E-state index is 0.481. The molecule has 0 spiro atoms. The molecule has 0 bridgehead atoms. The van der Waals surface area contributed by atoms with E-state index in [-0.39, 0.29) is 0 Å². The van der Waals surface area contributed by atoms with Gasteiger partial charge in [-0.25, -0.2) is 4.68 Å². The molecule has 0 amide bonds. The van der Waals surface area contributed by atoms with Crippen LogP contribution in [0, 0.1) is 0 Å². The van der Waals surface area contributed by atoms with Crippen molar-refractivity contribution in [3.05, 3.63) is 59.1 Å². The molecule has 3 aromatic heterocycles. The Kier molecular flexibility index (Phi) is 3.86. The van der Waals surface area contributed by atoms with Gasteiger partial charge in [0.1, 0.15) is 0 Å². The van der Waals surface area contributed by atoms with Gasteiger partial charge in [0, 0.05) is 37.6 Å². The molecule has 0 fully saturated rings. The molecule has 4 aromatic rings. The first kappa shape index (κ1) is 15.9. The number of nitrogens with zero attached hydrogens (tertiary/aromatic N) is 6. The standard InChI is InChI=1S/C17H14Cl2N6/c1-23-9-11(7-20-23)16-6-17(12-8-21-24(2)10-12)25(22-16)13-3-4-14(18)15(19)5-13/h3-10H,1-2H3. The number of hydrogen-bond acceptors (Lipinski definition) is 3. The molecule has 0 N–H and O–H groups in total. The van der Waals surface area contributed by atoms with Gasteiger partial charge in [-0.05, 0) is 24.3 Å². The normalized spacial score (nSPS) is 11.2. The topological polar surface area (TPSA) is 53.5 Å². The molecule has 3 heterocycles. The fraction of sp³-hybridized carbons (Fsp3) is 0.118. The Morgan fingerprint density at radius 2 is 1.52 bits per heavy atom. The second-order valence-electron chi connectivity index (χ2n) is 5.73. The zero-order valence-electron chi connectivity index (χ0n) is 13.6. The van der Waals surface area contributed by atoms with Crippen LogP contribution in [-0.4, -0.2) is 29.3 Å². The summed E-state index contributed by atoms with van der Waals surface area (Å²) in [5.74, 6) is 0. The van der Waals surface area contributed by atoms with Gasteiger partial charge in [-0.1, -0.05) is 23.2 Å². The predicted octanol–water partition coefficient (Wildman–Crippen LogP) is 3.98. The van der Waals surface area contributed by atoms with Crippen molar-refractivity contribution in [3.63, 3.8) is 0 Å². The van der Waals surface area contributed by atoms with Crippen LogP contribution in [0.5, 0.6) is 0 Å². The molecular weight excluding hydrogens is 359 g/mol. The van der Waals surface area contributed by atoms with Crippen molar-refractivity contribution in [2.24, 2.45) is 14.1 Å². The van der Waals surface area contributed by atoms with Gasteiger partial charge < -0.3 is 0 Å². The van der Waals surface area contributed by atoms with E-state index in [2.05, 4.69) is 10.2 Å². The summed E-state index contributed by atoms with van der Waals surface area (Å²) < 4.78 is 5.34. The summed E-state index contributed by atoms with van der Waals surface area (Å²) in [6, 6.07) is 7.45. The van der Waals surface area contributed by atoms with Crippen LogP contribution in [0.4, 0.5) is 0 Å². The monoisotopic (exact) mass is 372 g/mol. The maximum absolute atomic E-state index is 6.19. The van der Waals surface area contributed by atoms with Crippen LogP contribution in [0.3, 0.4) is 0 Å². The van der Waals surface area contributed by atoms with Crippen LogP contribution in [0.15, 0.2) is 49.1 Å². The Morgan fingerprint density at radius 3 is 2.12 bits per heavy atom. The van der Waals surface area contributed by atoms with Gasteiger partial charge in [-0.3, -0.25) is 9.36 Å². The SMILES string of the molecule is Cn1cc(-c2cc(-c3cnn(C)c3)n(-c3ccc(Cl)c(Cl)c3)n2)cn1. The highest BCUT2D eigenvalue weighted by Gasteiger charge is 2.16. The van der Waals surface area contributed by atoms with Crippen LogP contribution in [0.2, 0.25) is 10.0 Å². The summed E-state index contributed by atoms with van der Waals surface area (Å²) >= 11 is 12.2. The average molecular weight is 373 g/mol. The third kappa shape index (κ3) is 2.94. The minimum atomic E-state index is 0.481. The fourth-order valence-electron chi connectivity index (χ4n) is 2.65. The molecule has 0 aliphatic heterocycles. The first-order valence-corrected chi connectivity index (χ1v) is 8.30. The van der Waals surface area contributed by atoms with Gasteiger partial charge in [-0.15, -0.1) is 0 Å². The molecule has 0 unspecified atom stereocenters. The summed E-state index contributed by atoms with van der Waals surface area (Å²) in [6.07, 6.45) is 7.46. The van der Waals surface area contributed by atoms with Crippen LogP contribution in [0.1, 0.15) is 0 Å². The van der Waals surface area contributed by atoms with Crippen LogP contribution < -0.4 is 0 Å². The lowest BCUT2D eigenvalue weighted by molar-refractivity contribution is 0.767.